The molecule has 6 nitrogen and oxygen atoms in total. The second-order valence-electron chi connectivity index (χ2n) is 7.24. The van der Waals surface area contributed by atoms with Crippen molar-refractivity contribution in [2.75, 3.05) is 0 Å². The fourth-order valence-electron chi connectivity index (χ4n) is 4.20. The van der Waals surface area contributed by atoms with Crippen LogP contribution in [-0.2, 0) is 11.3 Å². The van der Waals surface area contributed by atoms with E-state index in [1.807, 2.05) is 42.5 Å². The van der Waals surface area contributed by atoms with Gasteiger partial charge in [-0.15, -0.1) is 4.91 Å². The number of nitrogens with zero attached hydrogens (tertiary/aromatic N) is 2. The van der Waals surface area contributed by atoms with Gasteiger partial charge in [-0.1, -0.05) is 49.2 Å². The molecule has 138 valence electrons. The number of hydrogen-bond donors (Lipinski definition) is 1. The number of fused-ring (bicyclic) bond motifs is 1. The third kappa shape index (κ3) is 3.35. The molecule has 0 aliphatic heterocycles. The molecule has 0 spiro atoms. The number of amides is 1. The van der Waals surface area contributed by atoms with Crippen LogP contribution in [0.4, 0.5) is 0 Å². The maximum absolute atomic E-state index is 12.5. The van der Waals surface area contributed by atoms with E-state index in [9.17, 15) is 14.5 Å². The highest BCUT2D eigenvalue weighted by Gasteiger charge is 2.32. The van der Waals surface area contributed by atoms with E-state index in [2.05, 4.69) is 10.3 Å². The molecule has 4 rings (SSSR count). The van der Waals surface area contributed by atoms with Crippen LogP contribution < -0.4 is 5.56 Å². The summed E-state index contributed by atoms with van der Waals surface area (Å²) in [5, 5.41) is 6.48. The highest BCUT2D eigenvalue weighted by Crippen LogP contribution is 2.38. The quantitative estimate of drug-likeness (QED) is 0.697. The standard InChI is InChI=1S/C21H21N3O3/c25-20(23-27)19(15-5-1-2-6-15)16-11-9-14(10-12-16)13-24-21(26)17-7-3-4-8-18(17)22-24/h3-4,7-12,15,19,22H,1-2,5-6,13H2. The van der Waals surface area contributed by atoms with Crippen molar-refractivity contribution in [2.24, 2.45) is 11.1 Å². The molecule has 6 heteroatoms. The summed E-state index contributed by atoms with van der Waals surface area (Å²) in [6.45, 7) is 0.418. The van der Waals surface area contributed by atoms with Gasteiger partial charge in [0.2, 0.25) is 0 Å². The molecule has 1 aliphatic carbocycles. The lowest BCUT2D eigenvalue weighted by Gasteiger charge is -2.19. The van der Waals surface area contributed by atoms with Gasteiger partial charge in [0.05, 0.1) is 23.4 Å². The molecule has 1 aromatic heterocycles. The topological polar surface area (TPSA) is 84.3 Å². The van der Waals surface area contributed by atoms with E-state index in [0.717, 1.165) is 42.3 Å². The van der Waals surface area contributed by atoms with Gasteiger partial charge in [-0.05, 0) is 42.0 Å². The van der Waals surface area contributed by atoms with Crippen LogP contribution in [0.25, 0.3) is 10.9 Å². The van der Waals surface area contributed by atoms with E-state index in [1.165, 1.54) is 0 Å². The van der Waals surface area contributed by atoms with Gasteiger partial charge in [-0.25, -0.2) is 4.68 Å². The lowest BCUT2D eigenvalue weighted by Crippen LogP contribution is -2.19. The van der Waals surface area contributed by atoms with Crippen molar-refractivity contribution >= 4 is 16.8 Å². The lowest BCUT2D eigenvalue weighted by atomic mass is 9.84. The number of carbonyl (C=O) groups is 1. The summed E-state index contributed by atoms with van der Waals surface area (Å²) in [6.07, 6.45) is 4.10. The summed E-state index contributed by atoms with van der Waals surface area (Å²) in [7, 11) is 0. The Morgan fingerprint density at radius 3 is 2.48 bits per heavy atom. The average molecular weight is 363 g/mol. The van der Waals surface area contributed by atoms with Crippen molar-refractivity contribution in [1.82, 2.24) is 9.78 Å². The van der Waals surface area contributed by atoms with Crippen LogP contribution in [0.2, 0.25) is 0 Å². The van der Waals surface area contributed by atoms with Gasteiger partial charge in [0, 0.05) is 5.18 Å². The molecule has 0 saturated heterocycles. The van der Waals surface area contributed by atoms with E-state index in [1.54, 1.807) is 10.7 Å². The molecule has 1 amide bonds. The molecule has 3 aromatic rings. The zero-order valence-electron chi connectivity index (χ0n) is 14.9. The number of H-pyrrole nitrogens is 1. The van der Waals surface area contributed by atoms with Crippen molar-refractivity contribution in [1.29, 1.82) is 0 Å². The van der Waals surface area contributed by atoms with Crippen LogP contribution in [0.1, 0.15) is 42.7 Å². The van der Waals surface area contributed by atoms with Crippen LogP contribution in [-0.4, -0.2) is 15.7 Å². The fourth-order valence-corrected chi connectivity index (χ4v) is 4.20. The van der Waals surface area contributed by atoms with Gasteiger partial charge in [-0.3, -0.25) is 14.7 Å². The van der Waals surface area contributed by atoms with Crippen LogP contribution in [0.3, 0.4) is 0 Å². The maximum atomic E-state index is 12.5. The zero-order valence-corrected chi connectivity index (χ0v) is 14.9. The normalized spacial score (nSPS) is 15.9. The van der Waals surface area contributed by atoms with Crippen LogP contribution in [0.15, 0.2) is 58.5 Å². The third-order valence-electron chi connectivity index (χ3n) is 5.56. The molecule has 1 heterocycles. The Morgan fingerprint density at radius 2 is 1.81 bits per heavy atom. The molecule has 1 aliphatic rings. The molecule has 1 unspecified atom stereocenters. The Morgan fingerprint density at radius 1 is 1.11 bits per heavy atom. The molecule has 1 fully saturated rings. The van der Waals surface area contributed by atoms with Crippen molar-refractivity contribution in [3.63, 3.8) is 0 Å². The van der Waals surface area contributed by atoms with Gasteiger partial charge >= 0.3 is 0 Å². The van der Waals surface area contributed by atoms with Crippen molar-refractivity contribution in [2.45, 2.75) is 38.1 Å². The van der Waals surface area contributed by atoms with Crippen molar-refractivity contribution < 1.29 is 4.79 Å². The monoisotopic (exact) mass is 363 g/mol. The predicted octanol–water partition coefficient (Wildman–Crippen LogP) is 3.94. The number of aromatic nitrogens is 2. The average Bonchev–Trinajstić information content (AvgIpc) is 3.32. The largest absolute Gasteiger partial charge is 0.295 e. The summed E-state index contributed by atoms with van der Waals surface area (Å²) >= 11 is 0. The number of para-hydroxylation sites is 1. The van der Waals surface area contributed by atoms with Crippen LogP contribution in [0, 0.1) is 10.8 Å². The first-order chi connectivity index (χ1) is 13.2. The van der Waals surface area contributed by atoms with Gasteiger partial charge in [0.25, 0.3) is 11.5 Å². The number of benzene rings is 2. The summed E-state index contributed by atoms with van der Waals surface area (Å²) in [5.74, 6) is -0.839. The molecule has 2 aromatic carbocycles. The predicted molar refractivity (Wildman–Crippen MR) is 104 cm³/mol. The number of carbonyl (C=O) groups excluding carboxylic acids is 1. The minimum atomic E-state index is -0.582. The van der Waals surface area contributed by atoms with E-state index in [4.69, 9.17) is 0 Å². The number of hydrogen-bond acceptors (Lipinski definition) is 3. The summed E-state index contributed by atoms with van der Waals surface area (Å²) in [5.41, 5.74) is 2.53. The first-order valence-corrected chi connectivity index (χ1v) is 9.31. The number of aromatic amines is 1. The molecule has 1 saturated carbocycles. The van der Waals surface area contributed by atoms with E-state index >= 15 is 0 Å². The first-order valence-electron chi connectivity index (χ1n) is 9.31. The van der Waals surface area contributed by atoms with Gasteiger partial charge < -0.3 is 0 Å². The summed E-state index contributed by atoms with van der Waals surface area (Å²) in [6, 6.07) is 15.0. The van der Waals surface area contributed by atoms with Gasteiger partial charge in [0.1, 0.15) is 0 Å². The number of nitrogens with one attached hydrogen (secondary N) is 1. The minimum Gasteiger partial charge on any atom is -0.295 e. The van der Waals surface area contributed by atoms with Crippen LogP contribution >= 0.6 is 0 Å². The van der Waals surface area contributed by atoms with Crippen LogP contribution in [0.5, 0.6) is 0 Å². The molecule has 0 bridgehead atoms. The fraction of sp³-hybridized carbons (Fsp3) is 0.333. The molecule has 1 atom stereocenters. The molecule has 1 N–H and O–H groups in total. The van der Waals surface area contributed by atoms with E-state index in [0.29, 0.717) is 11.9 Å². The van der Waals surface area contributed by atoms with Gasteiger partial charge in [-0.2, -0.15) is 0 Å². The number of nitroso groups, excluding NO2 is 1. The Balaban J connectivity index is 1.59. The SMILES string of the molecule is O=NC(=O)C(c1ccc(Cn2[nH]c3ccccc3c2=O)cc1)C1CCCC1. The van der Waals surface area contributed by atoms with E-state index < -0.39 is 11.8 Å². The molecule has 27 heavy (non-hydrogen) atoms. The highest BCUT2D eigenvalue weighted by atomic mass is 16.3. The smallest absolute Gasteiger partial charge is 0.294 e. The molecular weight excluding hydrogens is 342 g/mol. The Kier molecular flexibility index (Phi) is 4.71. The maximum Gasteiger partial charge on any atom is 0.294 e. The number of rotatable bonds is 5. The van der Waals surface area contributed by atoms with Gasteiger partial charge in [0.15, 0.2) is 0 Å². The molecule has 0 radical (unpaired) electrons. The lowest BCUT2D eigenvalue weighted by molar-refractivity contribution is -0.120. The summed E-state index contributed by atoms with van der Waals surface area (Å²) in [4.78, 5) is 35.4. The second-order valence-corrected chi connectivity index (χ2v) is 7.24. The minimum absolute atomic E-state index is 0.0566. The van der Waals surface area contributed by atoms with E-state index in [-0.39, 0.29) is 11.5 Å². The Labute approximate surface area is 156 Å². The zero-order chi connectivity index (χ0) is 18.8. The molecular formula is C21H21N3O3. The first kappa shape index (κ1) is 17.4. The Hall–Kier alpha value is -3.02. The third-order valence-corrected chi connectivity index (χ3v) is 5.56. The second kappa shape index (κ2) is 7.31. The Bertz CT molecular complexity index is 1030. The highest BCUT2D eigenvalue weighted by molar-refractivity contribution is 5.84. The summed E-state index contributed by atoms with van der Waals surface area (Å²) < 4.78 is 1.58. The van der Waals surface area contributed by atoms with Crippen molar-refractivity contribution in [3.8, 4) is 0 Å². The van der Waals surface area contributed by atoms with Crippen molar-refractivity contribution in [3.05, 3.63) is 74.9 Å².